The van der Waals surface area contributed by atoms with Crippen LogP contribution in [0, 0.1) is 23.7 Å². The van der Waals surface area contributed by atoms with Gasteiger partial charge in [0.1, 0.15) is 6.04 Å². The molecule has 5 rings (SSSR count). The van der Waals surface area contributed by atoms with Gasteiger partial charge in [-0.15, -0.1) is 24.9 Å². The lowest BCUT2D eigenvalue weighted by Gasteiger charge is -2.42. The van der Waals surface area contributed by atoms with Crippen molar-refractivity contribution in [3.05, 3.63) is 84.9 Å². The summed E-state index contributed by atoms with van der Waals surface area (Å²) < 4.78 is -0.827. The topological polar surface area (TPSA) is 81.2 Å². The summed E-state index contributed by atoms with van der Waals surface area (Å²) in [5.41, 5.74) is 1.39. The fraction of sp³-hybridized carbons (Fsp3) is 0.457. The summed E-state index contributed by atoms with van der Waals surface area (Å²) in [5.74, 6) is -1.71. The lowest BCUT2D eigenvalue weighted by Crippen LogP contribution is -2.59. The maximum Gasteiger partial charge on any atom is 0.251 e. The Kier molecular flexibility index (Phi) is 9.64. The Bertz CT molecular complexity index is 1400. The molecule has 3 aliphatic rings. The first-order valence-corrected chi connectivity index (χ1v) is 16.6. The monoisotopic (exact) mass is 635 g/mol. The number of carbonyl (C=O) groups is 3. The number of likely N-dealkylation sites (tertiary alicyclic amines) is 1. The van der Waals surface area contributed by atoms with Crippen LogP contribution in [0.4, 0.5) is 11.4 Å². The minimum Gasteiger partial charge on any atom is -0.394 e. The molecule has 2 bridgehead atoms. The molecule has 2 aromatic rings. The first kappa shape index (κ1) is 32.3. The van der Waals surface area contributed by atoms with Crippen LogP contribution in [-0.2, 0) is 14.4 Å². The van der Waals surface area contributed by atoms with Gasteiger partial charge in [0.25, 0.3) is 5.91 Å². The molecular weight excluding hydrogens is 594 g/mol. The molecule has 0 saturated carbocycles. The molecule has 2 aromatic carbocycles. The van der Waals surface area contributed by atoms with Crippen LogP contribution in [0.25, 0.3) is 0 Å². The average molecular weight is 636 g/mol. The van der Waals surface area contributed by atoms with Crippen LogP contribution in [-0.4, -0.2) is 69.5 Å². The summed E-state index contributed by atoms with van der Waals surface area (Å²) in [6.07, 6.45) is 4.62. The van der Waals surface area contributed by atoms with Crippen molar-refractivity contribution in [3.8, 4) is 0 Å². The van der Waals surface area contributed by atoms with Gasteiger partial charge >= 0.3 is 0 Å². The van der Waals surface area contributed by atoms with Crippen molar-refractivity contribution < 1.29 is 19.5 Å². The summed E-state index contributed by atoms with van der Waals surface area (Å²) >= 11 is 7.82. The van der Waals surface area contributed by atoms with Crippen LogP contribution in [0.1, 0.15) is 33.6 Å². The molecule has 1 N–H and O–H groups in total. The Hall–Kier alpha value is -3.07. The molecule has 7 atom stereocenters. The first-order valence-electron chi connectivity index (χ1n) is 15.4. The normalized spacial score (nSPS) is 27.7. The van der Waals surface area contributed by atoms with E-state index in [-0.39, 0.29) is 48.0 Å². The van der Waals surface area contributed by atoms with Crippen molar-refractivity contribution in [2.24, 2.45) is 23.7 Å². The number of fused-ring (bicyclic) bond motifs is 1. The Balaban J connectivity index is 1.63. The molecule has 3 saturated heterocycles. The zero-order chi connectivity index (χ0) is 31.8. The number of rotatable bonds is 12. The van der Waals surface area contributed by atoms with Gasteiger partial charge in [-0.2, -0.15) is 0 Å². The fourth-order valence-corrected chi connectivity index (χ4v) is 10.2. The van der Waals surface area contributed by atoms with Gasteiger partial charge in [0.2, 0.25) is 11.8 Å². The third-order valence-corrected chi connectivity index (χ3v) is 11.7. The third kappa shape index (κ3) is 5.39. The Morgan fingerprint density at radius 2 is 1.64 bits per heavy atom. The van der Waals surface area contributed by atoms with E-state index in [0.29, 0.717) is 23.7 Å². The van der Waals surface area contributed by atoms with E-state index in [1.54, 1.807) is 62.9 Å². The number of aliphatic hydroxyl groups excluding tert-OH is 1. The lowest BCUT2D eigenvalue weighted by atomic mass is 9.65. The van der Waals surface area contributed by atoms with Crippen molar-refractivity contribution >= 4 is 52.5 Å². The number of amides is 3. The molecule has 44 heavy (non-hydrogen) atoms. The second-order valence-corrected chi connectivity index (χ2v) is 14.5. The zero-order valence-corrected chi connectivity index (χ0v) is 27.2. The highest BCUT2D eigenvalue weighted by Gasteiger charge is 2.77. The van der Waals surface area contributed by atoms with Gasteiger partial charge in [-0.1, -0.05) is 62.7 Å². The first-order chi connectivity index (χ1) is 21.1. The quantitative estimate of drug-likeness (QED) is 0.297. The van der Waals surface area contributed by atoms with E-state index in [9.17, 15) is 19.5 Å². The van der Waals surface area contributed by atoms with Gasteiger partial charge in [0.15, 0.2) is 0 Å². The molecular formula is C35H42ClN3O4S. The van der Waals surface area contributed by atoms with Crippen LogP contribution in [0.3, 0.4) is 0 Å². The van der Waals surface area contributed by atoms with Crippen LogP contribution in [0.15, 0.2) is 79.9 Å². The molecule has 3 fully saturated rings. The fourth-order valence-electron chi connectivity index (χ4n) is 7.69. The number of benzene rings is 2. The van der Waals surface area contributed by atoms with E-state index in [1.807, 2.05) is 44.2 Å². The van der Waals surface area contributed by atoms with E-state index in [0.717, 1.165) is 12.1 Å². The van der Waals surface area contributed by atoms with Crippen molar-refractivity contribution in [3.63, 3.8) is 0 Å². The maximum atomic E-state index is 14.9. The SMILES string of the molecule is C=CCN(C(=O)C1N([C@@H](CO)CC(C)C)C(=O)[C@@H]2[C@@H](C(=O)N(CC=C)c3ccccc3)[C@H]3CC(C)C12S3)c1ccc(Cl)cc1. The summed E-state index contributed by atoms with van der Waals surface area (Å²) in [7, 11) is 0. The second kappa shape index (κ2) is 13.1. The zero-order valence-electron chi connectivity index (χ0n) is 25.6. The Labute approximate surface area is 269 Å². The highest BCUT2D eigenvalue weighted by molar-refractivity contribution is 8.02. The van der Waals surface area contributed by atoms with Crippen molar-refractivity contribution in [1.29, 1.82) is 0 Å². The van der Waals surface area contributed by atoms with E-state index >= 15 is 0 Å². The number of anilines is 2. The number of para-hydroxylation sites is 1. The van der Waals surface area contributed by atoms with Gasteiger partial charge in [-0.25, -0.2) is 0 Å². The molecule has 7 nitrogen and oxygen atoms in total. The molecule has 9 heteroatoms. The summed E-state index contributed by atoms with van der Waals surface area (Å²) in [4.78, 5) is 49.3. The number of aliphatic hydroxyl groups is 1. The lowest BCUT2D eigenvalue weighted by molar-refractivity contribution is -0.142. The van der Waals surface area contributed by atoms with Crippen LogP contribution < -0.4 is 9.80 Å². The number of hydrogen-bond donors (Lipinski definition) is 1. The van der Waals surface area contributed by atoms with E-state index in [1.165, 1.54) is 0 Å². The molecule has 0 aliphatic carbocycles. The smallest absolute Gasteiger partial charge is 0.251 e. The van der Waals surface area contributed by atoms with Crippen LogP contribution in [0.2, 0.25) is 5.02 Å². The van der Waals surface area contributed by atoms with Gasteiger partial charge in [0, 0.05) is 34.7 Å². The van der Waals surface area contributed by atoms with Crippen molar-refractivity contribution in [2.75, 3.05) is 29.5 Å². The third-order valence-electron chi connectivity index (χ3n) is 9.41. The van der Waals surface area contributed by atoms with Crippen LogP contribution in [0.5, 0.6) is 0 Å². The molecule has 3 amide bonds. The van der Waals surface area contributed by atoms with Gasteiger partial charge in [-0.05, 0) is 61.1 Å². The summed E-state index contributed by atoms with van der Waals surface area (Å²) in [6.45, 7) is 14.2. The van der Waals surface area contributed by atoms with Crippen molar-refractivity contribution in [1.82, 2.24) is 4.90 Å². The molecule has 234 valence electrons. The number of nitrogens with zero attached hydrogens (tertiary/aromatic N) is 3. The Morgan fingerprint density at radius 1 is 1.05 bits per heavy atom. The minimum absolute atomic E-state index is 0.00628. The van der Waals surface area contributed by atoms with Gasteiger partial charge < -0.3 is 19.8 Å². The molecule has 3 aliphatic heterocycles. The van der Waals surface area contributed by atoms with E-state index in [4.69, 9.17) is 11.6 Å². The predicted octanol–water partition coefficient (Wildman–Crippen LogP) is 5.82. The Morgan fingerprint density at radius 3 is 2.20 bits per heavy atom. The van der Waals surface area contributed by atoms with Crippen molar-refractivity contribution in [2.45, 2.75) is 55.7 Å². The second-order valence-electron chi connectivity index (χ2n) is 12.6. The predicted molar refractivity (Wildman–Crippen MR) is 179 cm³/mol. The van der Waals surface area contributed by atoms with Crippen LogP contribution >= 0.6 is 23.4 Å². The molecule has 1 spiro atoms. The molecule has 3 unspecified atom stereocenters. The maximum absolute atomic E-state index is 14.9. The molecule has 0 radical (unpaired) electrons. The number of halogens is 1. The average Bonchev–Trinajstić information content (AvgIpc) is 3.61. The number of hydrogen-bond acceptors (Lipinski definition) is 5. The molecule has 3 heterocycles. The largest absolute Gasteiger partial charge is 0.394 e. The number of carbonyl (C=O) groups excluding carboxylic acids is 3. The number of thioether (sulfide) groups is 1. The van der Waals surface area contributed by atoms with E-state index in [2.05, 4.69) is 20.1 Å². The highest BCUT2D eigenvalue weighted by Crippen LogP contribution is 2.69. The summed E-state index contributed by atoms with van der Waals surface area (Å²) in [6, 6.07) is 15.1. The summed E-state index contributed by atoms with van der Waals surface area (Å²) in [5, 5.41) is 11.1. The standard InChI is InChI=1S/C35H42ClN3O4S/c1-6-17-37(25-11-9-8-10-12-25)32(41)29-28-20-23(5)35(44-28)30(29)33(42)39(27(21-40)19-22(3)4)31(35)34(43)38(18-7-2)26-15-13-24(36)14-16-26/h6-16,22-23,27-31,40H,1-2,17-21H2,3-5H3/t23?,27-,28-,29+,30+,31?,35?/m1/s1. The minimum atomic E-state index is -0.862. The van der Waals surface area contributed by atoms with Gasteiger partial charge in [-0.3, -0.25) is 14.4 Å². The highest BCUT2D eigenvalue weighted by atomic mass is 35.5. The van der Waals surface area contributed by atoms with Gasteiger partial charge in [0.05, 0.1) is 29.2 Å². The molecule has 0 aromatic heterocycles. The van der Waals surface area contributed by atoms with E-state index < -0.39 is 28.7 Å².